The Morgan fingerprint density at radius 3 is 2.70 bits per heavy atom. The molecule has 108 valence electrons. The number of hydrogen-bond acceptors (Lipinski definition) is 2. The molecule has 1 fully saturated rings. The molecule has 20 heavy (non-hydrogen) atoms. The summed E-state index contributed by atoms with van der Waals surface area (Å²) in [6, 6.07) is 6.50. The molecule has 1 aromatic rings. The first kappa shape index (κ1) is 15.3. The third-order valence-corrected chi connectivity index (χ3v) is 4.51. The van der Waals surface area contributed by atoms with E-state index >= 15 is 0 Å². The van der Waals surface area contributed by atoms with Crippen LogP contribution in [0.25, 0.3) is 0 Å². The van der Waals surface area contributed by atoms with E-state index in [1.807, 2.05) is 26.0 Å². The Labute approximate surface area is 132 Å². The molecule has 1 aliphatic rings. The predicted molar refractivity (Wildman–Crippen MR) is 84.6 cm³/mol. The number of carboxylic acid groups (broad SMARTS) is 1. The zero-order valence-corrected chi connectivity index (χ0v) is 13.8. The lowest BCUT2D eigenvalue weighted by molar-refractivity contribution is -0.148. The van der Waals surface area contributed by atoms with Crippen LogP contribution in [0.5, 0.6) is 0 Å². The Hall–Kier alpha value is -1.11. The van der Waals surface area contributed by atoms with E-state index in [0.717, 1.165) is 16.4 Å². The number of amides is 1. The van der Waals surface area contributed by atoms with Gasteiger partial charge in [0.15, 0.2) is 0 Å². The quantitative estimate of drug-likeness (QED) is 0.794. The van der Waals surface area contributed by atoms with Crippen molar-refractivity contribution in [1.82, 2.24) is 4.90 Å². The standard InChI is InChI=1S/C15H18INO3/c1-15(2)7-4-8-17(12(15)14(19)20)13(18)10-5-3-6-11(16)9-10/h3,5-6,9,12H,4,7-8H2,1-2H3,(H,19,20). The van der Waals surface area contributed by atoms with Gasteiger partial charge in [-0.1, -0.05) is 19.9 Å². The maximum absolute atomic E-state index is 12.6. The van der Waals surface area contributed by atoms with E-state index in [1.165, 1.54) is 4.90 Å². The molecule has 1 amide bonds. The molecule has 4 nitrogen and oxygen atoms in total. The van der Waals surface area contributed by atoms with E-state index in [-0.39, 0.29) is 5.91 Å². The second-order valence-corrected chi connectivity index (χ2v) is 7.09. The van der Waals surface area contributed by atoms with Gasteiger partial charge in [-0.3, -0.25) is 4.79 Å². The number of aliphatic carboxylic acids is 1. The van der Waals surface area contributed by atoms with Crippen molar-refractivity contribution in [2.75, 3.05) is 6.54 Å². The van der Waals surface area contributed by atoms with Gasteiger partial charge in [0.1, 0.15) is 6.04 Å². The molecule has 2 rings (SSSR count). The second-order valence-electron chi connectivity index (χ2n) is 5.84. The van der Waals surface area contributed by atoms with Crippen molar-refractivity contribution in [1.29, 1.82) is 0 Å². The highest BCUT2D eigenvalue weighted by molar-refractivity contribution is 14.1. The van der Waals surface area contributed by atoms with E-state index in [9.17, 15) is 14.7 Å². The maximum atomic E-state index is 12.6. The largest absolute Gasteiger partial charge is 0.480 e. The zero-order valence-electron chi connectivity index (χ0n) is 11.6. The fourth-order valence-corrected chi connectivity index (χ4v) is 3.41. The molecule has 1 aliphatic heterocycles. The number of rotatable bonds is 2. The number of hydrogen-bond donors (Lipinski definition) is 1. The Morgan fingerprint density at radius 1 is 1.40 bits per heavy atom. The zero-order chi connectivity index (χ0) is 14.9. The summed E-state index contributed by atoms with van der Waals surface area (Å²) in [4.78, 5) is 25.7. The topological polar surface area (TPSA) is 57.6 Å². The number of nitrogens with zero attached hydrogens (tertiary/aromatic N) is 1. The van der Waals surface area contributed by atoms with Gasteiger partial charge in [-0.25, -0.2) is 4.79 Å². The molecule has 0 spiro atoms. The minimum Gasteiger partial charge on any atom is -0.480 e. The van der Waals surface area contributed by atoms with Gasteiger partial charge in [0.05, 0.1) is 0 Å². The molecule has 0 radical (unpaired) electrons. The van der Waals surface area contributed by atoms with Gasteiger partial charge in [-0.2, -0.15) is 0 Å². The molecule has 1 atom stereocenters. The number of carbonyl (C=O) groups is 2. The molecular weight excluding hydrogens is 369 g/mol. The van der Waals surface area contributed by atoms with Gasteiger partial charge in [0.25, 0.3) is 5.91 Å². The number of carbonyl (C=O) groups excluding carboxylic acids is 1. The average molecular weight is 387 g/mol. The number of likely N-dealkylation sites (tertiary alicyclic amines) is 1. The van der Waals surface area contributed by atoms with Crippen LogP contribution in [0.4, 0.5) is 0 Å². The Balaban J connectivity index is 2.34. The molecule has 1 unspecified atom stereocenters. The molecule has 0 aliphatic carbocycles. The molecule has 1 aromatic carbocycles. The minimum absolute atomic E-state index is 0.191. The van der Waals surface area contributed by atoms with Crippen LogP contribution in [0.15, 0.2) is 24.3 Å². The highest BCUT2D eigenvalue weighted by Gasteiger charge is 2.44. The number of halogens is 1. The summed E-state index contributed by atoms with van der Waals surface area (Å²) in [5, 5.41) is 9.50. The Bertz CT molecular complexity index is 542. The van der Waals surface area contributed by atoms with Crippen LogP contribution in [-0.4, -0.2) is 34.5 Å². The summed E-state index contributed by atoms with van der Waals surface area (Å²) in [5.41, 5.74) is 0.155. The molecule has 0 saturated carbocycles. The molecule has 1 N–H and O–H groups in total. The van der Waals surface area contributed by atoms with Crippen molar-refractivity contribution in [3.05, 3.63) is 33.4 Å². The minimum atomic E-state index is -0.923. The van der Waals surface area contributed by atoms with Crippen molar-refractivity contribution >= 4 is 34.5 Å². The Morgan fingerprint density at radius 2 is 2.10 bits per heavy atom. The first-order valence-corrected chi connectivity index (χ1v) is 7.70. The summed E-state index contributed by atoms with van der Waals surface area (Å²) < 4.78 is 0.969. The summed E-state index contributed by atoms with van der Waals surface area (Å²) in [6.07, 6.45) is 1.66. The van der Waals surface area contributed by atoms with Gasteiger partial charge in [-0.05, 0) is 59.0 Å². The van der Waals surface area contributed by atoms with Crippen molar-refractivity contribution < 1.29 is 14.7 Å². The van der Waals surface area contributed by atoms with Crippen LogP contribution in [0.2, 0.25) is 0 Å². The number of piperidine rings is 1. The first-order valence-electron chi connectivity index (χ1n) is 6.62. The van der Waals surface area contributed by atoms with E-state index in [2.05, 4.69) is 22.6 Å². The van der Waals surface area contributed by atoms with Crippen molar-refractivity contribution in [3.8, 4) is 0 Å². The van der Waals surface area contributed by atoms with Gasteiger partial charge in [0, 0.05) is 15.7 Å². The van der Waals surface area contributed by atoms with Crippen LogP contribution in [-0.2, 0) is 4.79 Å². The lowest BCUT2D eigenvalue weighted by Gasteiger charge is -2.44. The highest BCUT2D eigenvalue weighted by atomic mass is 127. The fourth-order valence-electron chi connectivity index (χ4n) is 2.87. The van der Waals surface area contributed by atoms with E-state index in [4.69, 9.17) is 0 Å². The lowest BCUT2D eigenvalue weighted by atomic mass is 9.76. The van der Waals surface area contributed by atoms with Gasteiger partial charge < -0.3 is 10.0 Å². The third kappa shape index (κ3) is 2.97. The summed E-state index contributed by atoms with van der Waals surface area (Å²) in [6.45, 7) is 4.34. The summed E-state index contributed by atoms with van der Waals surface area (Å²) in [5.74, 6) is -1.11. The fraction of sp³-hybridized carbons (Fsp3) is 0.467. The van der Waals surface area contributed by atoms with E-state index in [1.54, 1.807) is 12.1 Å². The highest BCUT2D eigenvalue weighted by Crippen LogP contribution is 2.36. The Kier molecular flexibility index (Phi) is 4.36. The van der Waals surface area contributed by atoms with Gasteiger partial charge in [0.2, 0.25) is 0 Å². The van der Waals surface area contributed by atoms with Crippen LogP contribution < -0.4 is 0 Å². The molecule has 1 heterocycles. The average Bonchev–Trinajstić information content (AvgIpc) is 2.35. The number of carboxylic acids is 1. The van der Waals surface area contributed by atoms with Gasteiger partial charge in [-0.15, -0.1) is 0 Å². The second kappa shape index (κ2) is 5.71. The van der Waals surface area contributed by atoms with Crippen LogP contribution >= 0.6 is 22.6 Å². The molecule has 0 aromatic heterocycles. The monoisotopic (exact) mass is 387 g/mol. The van der Waals surface area contributed by atoms with Crippen LogP contribution in [0, 0.1) is 8.99 Å². The molecule has 5 heteroatoms. The summed E-state index contributed by atoms with van der Waals surface area (Å²) >= 11 is 2.15. The normalized spacial score (nSPS) is 21.6. The lowest BCUT2D eigenvalue weighted by Crippen LogP contribution is -2.56. The molecule has 1 saturated heterocycles. The van der Waals surface area contributed by atoms with Crippen LogP contribution in [0.3, 0.4) is 0 Å². The van der Waals surface area contributed by atoms with E-state index in [0.29, 0.717) is 12.1 Å². The summed E-state index contributed by atoms with van der Waals surface area (Å²) in [7, 11) is 0. The first-order chi connectivity index (χ1) is 9.33. The van der Waals surface area contributed by atoms with Gasteiger partial charge >= 0.3 is 5.97 Å². The molecule has 0 bridgehead atoms. The molecular formula is C15H18INO3. The van der Waals surface area contributed by atoms with Crippen molar-refractivity contribution in [2.45, 2.75) is 32.7 Å². The number of benzene rings is 1. The van der Waals surface area contributed by atoms with E-state index < -0.39 is 17.4 Å². The maximum Gasteiger partial charge on any atom is 0.326 e. The third-order valence-electron chi connectivity index (χ3n) is 3.84. The smallest absolute Gasteiger partial charge is 0.326 e. The van der Waals surface area contributed by atoms with Crippen molar-refractivity contribution in [2.24, 2.45) is 5.41 Å². The van der Waals surface area contributed by atoms with Crippen LogP contribution in [0.1, 0.15) is 37.0 Å². The predicted octanol–water partition coefficient (Wildman–Crippen LogP) is 3.01. The van der Waals surface area contributed by atoms with Crippen molar-refractivity contribution in [3.63, 3.8) is 0 Å². The SMILES string of the molecule is CC1(C)CCCN(C(=O)c2cccc(I)c2)C1C(=O)O.